The number of rotatable bonds is 6. The number of halogens is 4. The molecule has 1 atom stereocenters. The van der Waals surface area contributed by atoms with Crippen molar-refractivity contribution in [2.45, 2.75) is 19.3 Å². The van der Waals surface area contributed by atoms with Crippen LogP contribution in [-0.4, -0.2) is 40.8 Å². The van der Waals surface area contributed by atoms with Gasteiger partial charge in [0.05, 0.1) is 20.1 Å². The van der Waals surface area contributed by atoms with Gasteiger partial charge < -0.3 is 10.0 Å². The zero-order chi connectivity index (χ0) is 27.4. The van der Waals surface area contributed by atoms with E-state index >= 15 is 0 Å². The van der Waals surface area contributed by atoms with Gasteiger partial charge in [0.15, 0.2) is 5.78 Å². The predicted molar refractivity (Wildman–Crippen MR) is 153 cm³/mol. The lowest BCUT2D eigenvalue weighted by Crippen LogP contribution is -2.46. The van der Waals surface area contributed by atoms with E-state index in [1.54, 1.807) is 48.6 Å². The van der Waals surface area contributed by atoms with Gasteiger partial charge >= 0.3 is 5.97 Å². The highest BCUT2D eigenvalue weighted by atomic mass is 35.5. The molecule has 0 radical (unpaired) electrons. The molecule has 1 fully saturated rings. The number of benzene rings is 2. The second-order valence-corrected chi connectivity index (χ2v) is 10.7. The fourth-order valence-corrected chi connectivity index (χ4v) is 4.97. The van der Waals surface area contributed by atoms with Crippen LogP contribution in [0, 0.1) is 5.92 Å². The number of piperidine rings is 1. The van der Waals surface area contributed by atoms with Gasteiger partial charge in [0, 0.05) is 24.2 Å². The molecule has 1 heterocycles. The third-order valence-electron chi connectivity index (χ3n) is 6.29. The number of nitrogens with zero attached hydrogens (tertiary/aromatic N) is 1. The maximum Gasteiger partial charge on any atom is 0.316 e. The van der Waals surface area contributed by atoms with Crippen LogP contribution < -0.4 is 0 Å². The standard InChI is InChI=1S/C29H23Cl4NO4/c30-23-8-6-18(13-25(23)32)10-20-15-34(28(36)22(29(37)38)12-17-4-2-1-3-5-17)16-21(27(20)35)11-19-7-9-24(31)26(33)14-19/h2,4-11,13-14,22H,1,3,12,15-16H2,(H,37,38)/b20-10+,21-11+. The van der Waals surface area contributed by atoms with E-state index in [0.29, 0.717) is 42.4 Å². The molecule has 0 saturated carbocycles. The third-order valence-corrected chi connectivity index (χ3v) is 7.77. The number of carbonyl (C=O) groups is 3. The van der Waals surface area contributed by atoms with E-state index in [0.717, 1.165) is 18.4 Å². The molecule has 1 unspecified atom stereocenters. The molecule has 38 heavy (non-hydrogen) atoms. The molecule has 1 aliphatic heterocycles. The van der Waals surface area contributed by atoms with Crippen molar-refractivity contribution < 1.29 is 19.5 Å². The summed E-state index contributed by atoms with van der Waals surface area (Å²) in [5, 5.41) is 11.3. The Kier molecular flexibility index (Phi) is 9.16. The first-order valence-corrected chi connectivity index (χ1v) is 13.4. The zero-order valence-corrected chi connectivity index (χ0v) is 23.1. The number of allylic oxidation sites excluding steroid dienone is 4. The summed E-state index contributed by atoms with van der Waals surface area (Å²) in [6.45, 7) is -0.0927. The molecule has 1 saturated heterocycles. The van der Waals surface area contributed by atoms with Crippen LogP contribution in [0.25, 0.3) is 12.2 Å². The zero-order valence-electron chi connectivity index (χ0n) is 20.1. The summed E-state index contributed by atoms with van der Waals surface area (Å²) in [6.07, 6.45) is 10.8. The van der Waals surface area contributed by atoms with Gasteiger partial charge in [0.1, 0.15) is 5.92 Å². The number of carboxylic acid groups (broad SMARTS) is 1. The first kappa shape index (κ1) is 28.2. The number of carbonyl (C=O) groups excluding carboxylic acids is 2. The highest BCUT2D eigenvalue weighted by Crippen LogP contribution is 2.29. The second kappa shape index (κ2) is 12.4. The smallest absolute Gasteiger partial charge is 0.316 e. The molecule has 1 amide bonds. The van der Waals surface area contributed by atoms with E-state index < -0.39 is 17.8 Å². The summed E-state index contributed by atoms with van der Waals surface area (Å²) >= 11 is 24.4. The minimum Gasteiger partial charge on any atom is -0.481 e. The Labute approximate surface area is 240 Å². The fraction of sp³-hybridized carbons (Fsp3) is 0.207. The fourth-order valence-electron chi connectivity index (χ4n) is 4.36. The van der Waals surface area contributed by atoms with Crippen LogP contribution in [0.3, 0.4) is 0 Å². The molecule has 5 nitrogen and oxygen atoms in total. The molecule has 2 aromatic carbocycles. The summed E-state index contributed by atoms with van der Waals surface area (Å²) < 4.78 is 0. The number of aliphatic carboxylic acids is 1. The maximum absolute atomic E-state index is 13.6. The van der Waals surface area contributed by atoms with E-state index in [1.165, 1.54) is 4.90 Å². The van der Waals surface area contributed by atoms with Gasteiger partial charge in [-0.3, -0.25) is 14.4 Å². The van der Waals surface area contributed by atoms with Crippen molar-refractivity contribution in [3.05, 3.63) is 103 Å². The topological polar surface area (TPSA) is 74.7 Å². The second-order valence-electron chi connectivity index (χ2n) is 9.06. The molecule has 2 aliphatic rings. The molecule has 0 bridgehead atoms. The maximum atomic E-state index is 13.6. The normalized spacial score (nSPS) is 18.6. The highest BCUT2D eigenvalue weighted by Gasteiger charge is 2.36. The summed E-state index contributed by atoms with van der Waals surface area (Å²) in [4.78, 5) is 40.6. The van der Waals surface area contributed by atoms with Crippen molar-refractivity contribution in [1.82, 2.24) is 4.90 Å². The Balaban J connectivity index is 1.71. The minimum absolute atomic E-state index is 0.0463. The molecule has 1 aliphatic carbocycles. The van der Waals surface area contributed by atoms with Gasteiger partial charge in [0.25, 0.3) is 0 Å². The molecular formula is C29H23Cl4NO4. The van der Waals surface area contributed by atoms with E-state index in [2.05, 4.69) is 0 Å². The third kappa shape index (κ3) is 6.78. The Hall–Kier alpha value is -2.83. The van der Waals surface area contributed by atoms with Gasteiger partial charge in [-0.05, 0) is 66.8 Å². The molecular weight excluding hydrogens is 568 g/mol. The van der Waals surface area contributed by atoms with Crippen molar-refractivity contribution in [2.75, 3.05) is 13.1 Å². The van der Waals surface area contributed by atoms with Crippen LogP contribution in [0.5, 0.6) is 0 Å². The monoisotopic (exact) mass is 589 g/mol. The van der Waals surface area contributed by atoms with Crippen LogP contribution in [0.4, 0.5) is 0 Å². The lowest BCUT2D eigenvalue weighted by molar-refractivity contribution is -0.150. The quantitative estimate of drug-likeness (QED) is 0.278. The number of carboxylic acids is 1. The summed E-state index contributed by atoms with van der Waals surface area (Å²) in [6, 6.07) is 9.89. The average Bonchev–Trinajstić information content (AvgIpc) is 2.89. The molecule has 2 aromatic rings. The molecule has 0 spiro atoms. The number of ketones is 1. The first-order valence-electron chi connectivity index (χ1n) is 11.9. The number of Topliss-reactive ketones (excluding diaryl/α,β-unsaturated/α-hetero) is 1. The number of hydrogen-bond donors (Lipinski definition) is 1. The lowest BCUT2D eigenvalue weighted by Gasteiger charge is -2.32. The predicted octanol–water partition coefficient (Wildman–Crippen LogP) is 7.55. The van der Waals surface area contributed by atoms with Crippen molar-refractivity contribution in [1.29, 1.82) is 0 Å². The first-order chi connectivity index (χ1) is 18.1. The van der Waals surface area contributed by atoms with Crippen LogP contribution in [0.15, 0.2) is 71.3 Å². The Morgan fingerprint density at radius 2 is 1.42 bits per heavy atom. The summed E-state index contributed by atoms with van der Waals surface area (Å²) in [7, 11) is 0. The largest absolute Gasteiger partial charge is 0.481 e. The van der Waals surface area contributed by atoms with Gasteiger partial charge in [-0.25, -0.2) is 0 Å². The Morgan fingerprint density at radius 3 is 1.87 bits per heavy atom. The highest BCUT2D eigenvalue weighted by molar-refractivity contribution is 6.42. The van der Waals surface area contributed by atoms with Crippen LogP contribution >= 0.6 is 46.4 Å². The van der Waals surface area contributed by atoms with Crippen LogP contribution in [-0.2, 0) is 14.4 Å². The van der Waals surface area contributed by atoms with E-state index in [4.69, 9.17) is 46.4 Å². The SMILES string of the molecule is O=C1/C(=C/c2ccc(Cl)c(Cl)c2)CN(C(=O)C(CC2=CCCC=C2)C(=O)O)C/C1=C\c1ccc(Cl)c(Cl)c1. The van der Waals surface area contributed by atoms with E-state index in [9.17, 15) is 19.5 Å². The van der Waals surface area contributed by atoms with Gasteiger partial charge in [-0.15, -0.1) is 0 Å². The summed E-state index contributed by atoms with van der Waals surface area (Å²) in [5.41, 5.74) is 2.69. The van der Waals surface area contributed by atoms with Gasteiger partial charge in [-0.2, -0.15) is 0 Å². The minimum atomic E-state index is -1.28. The van der Waals surface area contributed by atoms with Gasteiger partial charge in [0.2, 0.25) is 5.91 Å². The molecule has 0 aromatic heterocycles. The lowest BCUT2D eigenvalue weighted by atomic mass is 9.91. The van der Waals surface area contributed by atoms with Crippen LogP contribution in [0.1, 0.15) is 30.4 Å². The van der Waals surface area contributed by atoms with Crippen molar-refractivity contribution in [3.8, 4) is 0 Å². The van der Waals surface area contributed by atoms with Crippen molar-refractivity contribution in [2.24, 2.45) is 5.92 Å². The van der Waals surface area contributed by atoms with Crippen LogP contribution in [0.2, 0.25) is 20.1 Å². The van der Waals surface area contributed by atoms with Crippen molar-refractivity contribution >= 4 is 76.2 Å². The number of hydrogen-bond acceptors (Lipinski definition) is 3. The molecule has 196 valence electrons. The van der Waals surface area contributed by atoms with Gasteiger partial charge in [-0.1, -0.05) is 82.3 Å². The van der Waals surface area contributed by atoms with E-state index in [-0.39, 0.29) is 25.3 Å². The summed E-state index contributed by atoms with van der Waals surface area (Å²) in [5.74, 6) is -3.33. The number of amides is 1. The molecule has 1 N–H and O–H groups in total. The number of likely N-dealkylation sites (tertiary alicyclic amines) is 1. The Bertz CT molecular complexity index is 1350. The Morgan fingerprint density at radius 1 is 0.868 bits per heavy atom. The molecule has 4 rings (SSSR count). The van der Waals surface area contributed by atoms with Crippen molar-refractivity contribution in [3.63, 3.8) is 0 Å². The van der Waals surface area contributed by atoms with E-state index in [1.807, 2.05) is 18.2 Å². The molecule has 9 heteroatoms. The average molecular weight is 591 g/mol.